The Hall–Kier alpha value is -2.35. The highest BCUT2D eigenvalue weighted by atomic mass is 16.6. The van der Waals surface area contributed by atoms with Crippen LogP contribution in [0.15, 0.2) is 12.1 Å². The number of aliphatic hydroxyl groups is 1. The van der Waals surface area contributed by atoms with Gasteiger partial charge in [-0.1, -0.05) is 0 Å². The molecule has 0 spiro atoms. The van der Waals surface area contributed by atoms with Crippen LogP contribution in [0.5, 0.6) is 11.5 Å². The van der Waals surface area contributed by atoms with Crippen molar-refractivity contribution >= 4 is 11.6 Å². The molecule has 0 saturated carbocycles. The molecule has 0 heterocycles. The molecule has 0 aliphatic carbocycles. The first-order valence-electron chi connectivity index (χ1n) is 6.15. The Morgan fingerprint density at radius 1 is 1.38 bits per heavy atom. The summed E-state index contributed by atoms with van der Waals surface area (Å²) < 4.78 is 10.0. The van der Waals surface area contributed by atoms with Crippen molar-refractivity contribution in [3.8, 4) is 11.5 Å². The van der Waals surface area contributed by atoms with Gasteiger partial charge in [0.15, 0.2) is 11.5 Å². The van der Waals surface area contributed by atoms with E-state index in [9.17, 15) is 20.0 Å². The molecule has 1 aromatic rings. The molecular weight excluding hydrogens is 280 g/mol. The Labute approximate surface area is 122 Å². The zero-order chi connectivity index (χ0) is 16.2. The minimum Gasteiger partial charge on any atom is -0.493 e. The molecule has 8 nitrogen and oxygen atoms in total. The van der Waals surface area contributed by atoms with Gasteiger partial charge < -0.3 is 19.5 Å². The van der Waals surface area contributed by atoms with E-state index in [0.29, 0.717) is 0 Å². The number of ether oxygens (including phenoxy) is 2. The number of benzene rings is 1. The zero-order valence-electron chi connectivity index (χ0n) is 12.3. The number of nitrogens with zero attached hydrogens (tertiary/aromatic N) is 2. The number of carbonyl (C=O) groups excluding carboxylic acids is 1. The normalized spacial score (nSPS) is 11.7. The largest absolute Gasteiger partial charge is 0.493 e. The molecule has 1 atom stereocenters. The second-order valence-electron chi connectivity index (χ2n) is 4.52. The van der Waals surface area contributed by atoms with E-state index >= 15 is 0 Å². The van der Waals surface area contributed by atoms with Crippen molar-refractivity contribution in [1.29, 1.82) is 0 Å². The topological polar surface area (TPSA) is 102 Å². The molecule has 1 N–H and O–H groups in total. The molecule has 0 fully saturated rings. The Bertz CT molecular complexity index is 544. The van der Waals surface area contributed by atoms with E-state index in [-0.39, 0.29) is 29.3 Å². The summed E-state index contributed by atoms with van der Waals surface area (Å²) in [5.74, 6) is -0.195. The van der Waals surface area contributed by atoms with E-state index in [1.807, 2.05) is 0 Å². The first kappa shape index (κ1) is 16.7. The Morgan fingerprint density at radius 3 is 2.33 bits per heavy atom. The number of rotatable bonds is 6. The van der Waals surface area contributed by atoms with Crippen LogP contribution < -0.4 is 9.47 Å². The van der Waals surface area contributed by atoms with Crippen LogP contribution in [-0.4, -0.2) is 54.8 Å². The maximum absolute atomic E-state index is 12.3. The smallest absolute Gasteiger partial charge is 0.286 e. The monoisotopic (exact) mass is 298 g/mol. The molecular formula is C13H18N2O6. The molecule has 1 aromatic carbocycles. The summed E-state index contributed by atoms with van der Waals surface area (Å²) in [6, 6.07) is 2.40. The molecule has 8 heteroatoms. The third-order valence-corrected chi connectivity index (χ3v) is 2.81. The molecule has 1 unspecified atom stereocenters. The predicted octanol–water partition coefficient (Wildman–Crippen LogP) is 1.06. The van der Waals surface area contributed by atoms with Gasteiger partial charge in [-0.3, -0.25) is 14.9 Å². The van der Waals surface area contributed by atoms with Crippen molar-refractivity contribution in [2.75, 3.05) is 27.8 Å². The van der Waals surface area contributed by atoms with Gasteiger partial charge in [0.25, 0.3) is 11.6 Å². The van der Waals surface area contributed by atoms with Gasteiger partial charge in [-0.05, 0) is 6.92 Å². The Kier molecular flexibility index (Phi) is 5.48. The summed E-state index contributed by atoms with van der Waals surface area (Å²) in [5, 5.41) is 20.4. The van der Waals surface area contributed by atoms with Crippen molar-refractivity contribution in [3.63, 3.8) is 0 Å². The van der Waals surface area contributed by atoms with Crippen LogP contribution in [0.3, 0.4) is 0 Å². The summed E-state index contributed by atoms with van der Waals surface area (Å²) in [6.45, 7) is 1.58. The van der Waals surface area contributed by atoms with Crippen LogP contribution in [0.2, 0.25) is 0 Å². The van der Waals surface area contributed by atoms with Gasteiger partial charge in [0.1, 0.15) is 5.56 Å². The number of nitro groups is 1. The van der Waals surface area contributed by atoms with Crippen molar-refractivity contribution in [3.05, 3.63) is 27.8 Å². The average molecular weight is 298 g/mol. The van der Waals surface area contributed by atoms with Gasteiger partial charge in [0.2, 0.25) is 0 Å². The number of carbonyl (C=O) groups is 1. The number of methoxy groups -OCH3 is 2. The van der Waals surface area contributed by atoms with E-state index < -0.39 is 16.9 Å². The molecule has 0 bridgehead atoms. The second kappa shape index (κ2) is 6.89. The highest BCUT2D eigenvalue weighted by Crippen LogP contribution is 2.34. The van der Waals surface area contributed by atoms with Gasteiger partial charge in [-0.2, -0.15) is 0 Å². The van der Waals surface area contributed by atoms with Crippen LogP contribution >= 0.6 is 0 Å². The highest BCUT2D eigenvalue weighted by molar-refractivity contribution is 5.99. The molecule has 0 aliphatic rings. The number of likely N-dealkylation sites (N-methyl/N-ethyl adjacent to an activating group) is 1. The van der Waals surface area contributed by atoms with Crippen LogP contribution in [0.4, 0.5) is 5.69 Å². The maximum Gasteiger partial charge on any atom is 0.286 e. The molecule has 1 rings (SSSR count). The minimum atomic E-state index is -0.738. The highest BCUT2D eigenvalue weighted by Gasteiger charge is 2.26. The van der Waals surface area contributed by atoms with Gasteiger partial charge in [0.05, 0.1) is 31.3 Å². The lowest BCUT2D eigenvalue weighted by molar-refractivity contribution is -0.385. The summed E-state index contributed by atoms with van der Waals surface area (Å²) in [5.41, 5.74) is -0.504. The van der Waals surface area contributed by atoms with Gasteiger partial charge >= 0.3 is 0 Å². The van der Waals surface area contributed by atoms with Crippen LogP contribution in [0, 0.1) is 10.1 Å². The fraction of sp³-hybridized carbons (Fsp3) is 0.462. The lowest BCUT2D eigenvalue weighted by Crippen LogP contribution is -2.33. The SMILES string of the molecule is COc1cc(C(=O)N(C)CC(C)O)c([N+](=O)[O-])cc1OC. The zero-order valence-corrected chi connectivity index (χ0v) is 12.3. The molecule has 0 aromatic heterocycles. The second-order valence-corrected chi connectivity index (χ2v) is 4.52. The lowest BCUT2D eigenvalue weighted by Gasteiger charge is -2.19. The average Bonchev–Trinajstić information content (AvgIpc) is 2.43. The van der Waals surface area contributed by atoms with Crippen LogP contribution in [0.25, 0.3) is 0 Å². The predicted molar refractivity (Wildman–Crippen MR) is 74.8 cm³/mol. The summed E-state index contributed by atoms with van der Waals surface area (Å²) >= 11 is 0. The standard InChI is InChI=1S/C13H18N2O6/c1-8(16)7-14(2)13(17)9-5-11(20-3)12(21-4)6-10(9)15(18)19/h5-6,8,16H,7H2,1-4H3. The fourth-order valence-corrected chi connectivity index (χ4v) is 1.88. The third-order valence-electron chi connectivity index (χ3n) is 2.81. The van der Waals surface area contributed by atoms with E-state index in [4.69, 9.17) is 9.47 Å². The van der Waals surface area contributed by atoms with E-state index in [1.54, 1.807) is 0 Å². The summed E-state index contributed by atoms with van der Waals surface area (Å²) in [7, 11) is 4.18. The lowest BCUT2D eigenvalue weighted by atomic mass is 10.1. The van der Waals surface area contributed by atoms with E-state index in [2.05, 4.69) is 0 Å². The van der Waals surface area contributed by atoms with Gasteiger partial charge in [-0.25, -0.2) is 0 Å². The van der Waals surface area contributed by atoms with Crippen molar-refractivity contribution in [1.82, 2.24) is 4.90 Å². The van der Waals surface area contributed by atoms with Crippen molar-refractivity contribution in [2.24, 2.45) is 0 Å². The third kappa shape index (κ3) is 3.82. The molecule has 0 radical (unpaired) electrons. The first-order valence-corrected chi connectivity index (χ1v) is 6.15. The molecule has 0 saturated heterocycles. The molecule has 116 valence electrons. The summed E-state index contributed by atoms with van der Waals surface area (Å²) in [4.78, 5) is 24.0. The number of hydrogen-bond acceptors (Lipinski definition) is 6. The van der Waals surface area contributed by atoms with Crippen molar-refractivity contribution < 1.29 is 24.3 Å². The van der Waals surface area contributed by atoms with E-state index in [0.717, 1.165) is 6.07 Å². The summed E-state index contributed by atoms with van der Waals surface area (Å²) in [6.07, 6.45) is -0.738. The Morgan fingerprint density at radius 2 is 1.90 bits per heavy atom. The Balaban J connectivity index is 3.32. The number of aliphatic hydroxyl groups excluding tert-OH is 1. The number of nitro benzene ring substituents is 1. The quantitative estimate of drug-likeness (QED) is 0.622. The van der Waals surface area contributed by atoms with Crippen LogP contribution in [0.1, 0.15) is 17.3 Å². The van der Waals surface area contributed by atoms with E-state index in [1.165, 1.54) is 39.2 Å². The first-order chi connectivity index (χ1) is 9.81. The number of amides is 1. The minimum absolute atomic E-state index is 0.0599. The van der Waals surface area contributed by atoms with Gasteiger partial charge in [0, 0.05) is 19.7 Å². The van der Waals surface area contributed by atoms with Crippen LogP contribution in [-0.2, 0) is 0 Å². The fourth-order valence-electron chi connectivity index (χ4n) is 1.88. The molecule has 21 heavy (non-hydrogen) atoms. The molecule has 0 aliphatic heterocycles. The van der Waals surface area contributed by atoms with Crippen molar-refractivity contribution in [2.45, 2.75) is 13.0 Å². The molecule has 1 amide bonds. The number of hydrogen-bond donors (Lipinski definition) is 1. The van der Waals surface area contributed by atoms with Gasteiger partial charge in [-0.15, -0.1) is 0 Å². The maximum atomic E-state index is 12.3.